The van der Waals surface area contributed by atoms with Gasteiger partial charge in [-0.25, -0.2) is 19.9 Å². The normalized spacial score (nSPS) is 11.5. The molecule has 2 aromatic carbocycles. The van der Waals surface area contributed by atoms with Crippen molar-refractivity contribution in [2.24, 2.45) is 14.1 Å². The summed E-state index contributed by atoms with van der Waals surface area (Å²) in [6.07, 6.45) is 0.634. The van der Waals surface area contributed by atoms with Crippen LogP contribution in [0.4, 0.5) is 0 Å². The maximum Gasteiger partial charge on any atom is 0.159 e. The van der Waals surface area contributed by atoms with E-state index in [-0.39, 0.29) is 0 Å². The molecular weight excluding hydrogens is 408 g/mol. The first kappa shape index (κ1) is 19.4. The summed E-state index contributed by atoms with van der Waals surface area (Å²) >= 11 is 0. The van der Waals surface area contributed by atoms with Crippen molar-refractivity contribution in [3.05, 3.63) is 96.3 Å². The smallest absolute Gasteiger partial charge is 0.159 e. The highest BCUT2D eigenvalue weighted by molar-refractivity contribution is 5.80. The largest absolute Gasteiger partial charge is 0.326 e. The predicted molar refractivity (Wildman–Crippen MR) is 131 cm³/mol. The van der Waals surface area contributed by atoms with Crippen LogP contribution in [0.15, 0.2) is 84.9 Å². The summed E-state index contributed by atoms with van der Waals surface area (Å²) in [6, 6.07) is 28.4. The number of rotatable bonds is 4. The summed E-state index contributed by atoms with van der Waals surface area (Å²) in [5, 5.41) is 0. The molecule has 0 saturated carbocycles. The first-order chi connectivity index (χ1) is 16.2. The molecule has 0 spiro atoms. The molecule has 0 saturated heterocycles. The van der Waals surface area contributed by atoms with Gasteiger partial charge in [0.25, 0.3) is 0 Å². The standard InChI is InChI=1S/C27H22N6/c1-32-24-15-5-3-11-20(24)30-26(32)22-13-7-9-18(28-22)17-19-10-8-14-23(29-19)27-31-21-12-4-6-16-25(21)33(27)2/h3-16H,17H2,1-2H3. The fourth-order valence-electron chi connectivity index (χ4n) is 4.34. The van der Waals surface area contributed by atoms with Crippen molar-refractivity contribution in [3.63, 3.8) is 0 Å². The number of fused-ring (bicyclic) bond motifs is 2. The van der Waals surface area contributed by atoms with Crippen LogP contribution in [-0.2, 0) is 20.5 Å². The fraction of sp³-hybridized carbons (Fsp3) is 0.111. The van der Waals surface area contributed by atoms with E-state index in [1.54, 1.807) is 0 Å². The zero-order chi connectivity index (χ0) is 22.4. The minimum Gasteiger partial charge on any atom is -0.326 e. The summed E-state index contributed by atoms with van der Waals surface area (Å²) in [5.41, 5.74) is 7.75. The third-order valence-electron chi connectivity index (χ3n) is 6.01. The molecular formula is C27H22N6. The van der Waals surface area contributed by atoms with Crippen LogP contribution in [0.1, 0.15) is 11.4 Å². The highest BCUT2D eigenvalue weighted by Gasteiger charge is 2.13. The molecule has 0 radical (unpaired) electrons. The van der Waals surface area contributed by atoms with Crippen molar-refractivity contribution in [2.45, 2.75) is 6.42 Å². The maximum absolute atomic E-state index is 4.90. The molecule has 0 amide bonds. The summed E-state index contributed by atoms with van der Waals surface area (Å²) in [4.78, 5) is 19.4. The van der Waals surface area contributed by atoms with Crippen LogP contribution >= 0.6 is 0 Å². The number of pyridine rings is 2. The molecule has 0 N–H and O–H groups in total. The number of aromatic nitrogens is 6. The molecule has 0 fully saturated rings. The lowest BCUT2D eigenvalue weighted by Gasteiger charge is -2.07. The van der Waals surface area contributed by atoms with Crippen LogP contribution in [-0.4, -0.2) is 29.1 Å². The van der Waals surface area contributed by atoms with Gasteiger partial charge in [-0.2, -0.15) is 0 Å². The van der Waals surface area contributed by atoms with Crippen molar-refractivity contribution < 1.29 is 0 Å². The highest BCUT2D eigenvalue weighted by atomic mass is 15.1. The van der Waals surface area contributed by atoms with Gasteiger partial charge in [0.05, 0.1) is 22.1 Å². The van der Waals surface area contributed by atoms with E-state index in [9.17, 15) is 0 Å². The first-order valence-electron chi connectivity index (χ1n) is 10.9. The topological polar surface area (TPSA) is 61.4 Å². The second-order valence-electron chi connectivity index (χ2n) is 8.17. The SMILES string of the molecule is Cn1c(-c2cccc(Cc3cccc(-c4nc5ccccc5n4C)n3)n2)nc2ccccc21. The molecule has 160 valence electrons. The van der Waals surface area contributed by atoms with Crippen LogP contribution in [0.25, 0.3) is 45.1 Å². The molecule has 0 atom stereocenters. The number of aryl methyl sites for hydroxylation is 2. The average Bonchev–Trinajstić information content (AvgIpc) is 3.37. The van der Waals surface area contributed by atoms with Gasteiger partial charge in [-0.05, 0) is 48.5 Å². The van der Waals surface area contributed by atoms with Gasteiger partial charge in [0.2, 0.25) is 0 Å². The molecule has 6 heteroatoms. The monoisotopic (exact) mass is 430 g/mol. The van der Waals surface area contributed by atoms with Gasteiger partial charge in [-0.1, -0.05) is 36.4 Å². The zero-order valence-electron chi connectivity index (χ0n) is 18.5. The Morgan fingerprint density at radius 2 is 0.970 bits per heavy atom. The molecule has 4 aromatic heterocycles. The first-order valence-corrected chi connectivity index (χ1v) is 10.9. The Labute approximate surface area is 191 Å². The van der Waals surface area contributed by atoms with Crippen LogP contribution in [0.2, 0.25) is 0 Å². The van der Waals surface area contributed by atoms with E-state index in [1.165, 1.54) is 0 Å². The fourth-order valence-corrected chi connectivity index (χ4v) is 4.34. The zero-order valence-corrected chi connectivity index (χ0v) is 18.5. The molecule has 33 heavy (non-hydrogen) atoms. The molecule has 0 aliphatic rings. The Bertz CT molecular complexity index is 1500. The van der Waals surface area contributed by atoms with Gasteiger partial charge in [0.15, 0.2) is 11.6 Å². The van der Waals surface area contributed by atoms with Crippen molar-refractivity contribution in [2.75, 3.05) is 0 Å². The van der Waals surface area contributed by atoms with Crippen LogP contribution in [0, 0.1) is 0 Å². The van der Waals surface area contributed by atoms with Crippen LogP contribution in [0.5, 0.6) is 0 Å². The average molecular weight is 431 g/mol. The van der Waals surface area contributed by atoms with E-state index >= 15 is 0 Å². The number of hydrogen-bond donors (Lipinski definition) is 0. The Kier molecular flexibility index (Phi) is 4.50. The summed E-state index contributed by atoms with van der Waals surface area (Å²) < 4.78 is 4.18. The minimum absolute atomic E-state index is 0.634. The Balaban J connectivity index is 1.34. The van der Waals surface area contributed by atoms with Gasteiger partial charge >= 0.3 is 0 Å². The van der Waals surface area contributed by atoms with E-state index < -0.39 is 0 Å². The lowest BCUT2D eigenvalue weighted by atomic mass is 10.1. The minimum atomic E-state index is 0.634. The van der Waals surface area contributed by atoms with Gasteiger partial charge in [0.1, 0.15) is 11.4 Å². The Morgan fingerprint density at radius 1 is 0.515 bits per heavy atom. The van der Waals surface area contributed by atoms with E-state index in [1.807, 2.05) is 86.9 Å². The van der Waals surface area contributed by atoms with Gasteiger partial charge in [-0.15, -0.1) is 0 Å². The predicted octanol–water partition coefficient (Wildman–Crippen LogP) is 5.17. The molecule has 6 rings (SSSR count). The van der Waals surface area contributed by atoms with Crippen molar-refractivity contribution in [3.8, 4) is 23.0 Å². The second kappa shape index (κ2) is 7.67. The second-order valence-corrected chi connectivity index (χ2v) is 8.17. The third-order valence-corrected chi connectivity index (χ3v) is 6.01. The van der Waals surface area contributed by atoms with E-state index in [0.29, 0.717) is 6.42 Å². The molecule has 0 bridgehead atoms. The van der Waals surface area contributed by atoms with Gasteiger partial charge < -0.3 is 9.13 Å². The lowest BCUT2D eigenvalue weighted by molar-refractivity contribution is 0.931. The Hall–Kier alpha value is -4.32. The number of hydrogen-bond acceptors (Lipinski definition) is 4. The van der Waals surface area contributed by atoms with E-state index in [4.69, 9.17) is 19.9 Å². The van der Waals surface area contributed by atoms with E-state index in [0.717, 1.165) is 56.5 Å². The highest BCUT2D eigenvalue weighted by Crippen LogP contribution is 2.24. The molecule has 4 heterocycles. The molecule has 6 nitrogen and oxygen atoms in total. The maximum atomic E-state index is 4.90. The van der Waals surface area contributed by atoms with Crippen LogP contribution < -0.4 is 0 Å². The van der Waals surface area contributed by atoms with Gasteiger partial charge in [-0.3, -0.25) is 0 Å². The van der Waals surface area contributed by atoms with Gasteiger partial charge in [0, 0.05) is 31.9 Å². The van der Waals surface area contributed by atoms with E-state index in [2.05, 4.69) is 21.3 Å². The number of nitrogens with zero attached hydrogens (tertiary/aromatic N) is 6. The van der Waals surface area contributed by atoms with Crippen molar-refractivity contribution in [1.82, 2.24) is 29.1 Å². The summed E-state index contributed by atoms with van der Waals surface area (Å²) in [5.74, 6) is 1.72. The third kappa shape index (κ3) is 3.36. The number of imidazole rings is 2. The molecule has 6 aromatic rings. The summed E-state index contributed by atoms with van der Waals surface area (Å²) in [6.45, 7) is 0. The summed E-state index contributed by atoms with van der Waals surface area (Å²) in [7, 11) is 4.06. The Morgan fingerprint density at radius 3 is 1.42 bits per heavy atom. The lowest BCUT2D eigenvalue weighted by Crippen LogP contribution is -2.01. The molecule has 0 aliphatic carbocycles. The molecule has 0 aliphatic heterocycles. The van der Waals surface area contributed by atoms with Crippen molar-refractivity contribution >= 4 is 22.1 Å². The quantitative estimate of drug-likeness (QED) is 0.387. The molecule has 0 unspecified atom stereocenters. The number of benzene rings is 2. The van der Waals surface area contributed by atoms with Crippen LogP contribution in [0.3, 0.4) is 0 Å². The number of para-hydroxylation sites is 4. The van der Waals surface area contributed by atoms with Crippen molar-refractivity contribution in [1.29, 1.82) is 0 Å².